The summed E-state index contributed by atoms with van der Waals surface area (Å²) in [6, 6.07) is 6.43. The highest BCUT2D eigenvalue weighted by molar-refractivity contribution is 5.73. The van der Waals surface area contributed by atoms with Crippen molar-refractivity contribution in [2.75, 3.05) is 13.6 Å². The van der Waals surface area contributed by atoms with Crippen molar-refractivity contribution < 1.29 is 4.42 Å². The molecule has 18 heavy (non-hydrogen) atoms. The summed E-state index contributed by atoms with van der Waals surface area (Å²) in [6.45, 7) is 4.71. The molecule has 2 atom stereocenters. The molecule has 0 radical (unpaired) electrons. The van der Waals surface area contributed by atoms with Crippen molar-refractivity contribution in [2.45, 2.75) is 26.3 Å². The molecule has 0 amide bonds. The Labute approximate surface area is 108 Å². The number of nitrogens with zero attached hydrogens (tertiary/aromatic N) is 1. The zero-order valence-electron chi connectivity index (χ0n) is 11.2. The predicted molar refractivity (Wildman–Crippen MR) is 73.4 cm³/mol. The highest BCUT2D eigenvalue weighted by Gasteiger charge is 2.19. The third-order valence-corrected chi connectivity index (χ3v) is 3.49. The van der Waals surface area contributed by atoms with Crippen LogP contribution < -0.4 is 11.1 Å². The van der Waals surface area contributed by atoms with E-state index in [9.17, 15) is 0 Å². The topological polar surface area (TPSA) is 64.1 Å². The summed E-state index contributed by atoms with van der Waals surface area (Å²) >= 11 is 0. The minimum atomic E-state index is 0.259. The number of aromatic nitrogens is 1. The summed E-state index contributed by atoms with van der Waals surface area (Å²) in [5.41, 5.74) is 8.80. The number of aryl methyl sites for hydroxylation is 1. The van der Waals surface area contributed by atoms with E-state index < -0.39 is 0 Å². The molecule has 4 nitrogen and oxygen atoms in total. The second-order valence-electron chi connectivity index (χ2n) is 4.63. The number of nitrogens with one attached hydrogen (secondary N) is 1. The lowest BCUT2D eigenvalue weighted by molar-refractivity contribution is 0.378. The number of fused-ring (bicyclic) bond motifs is 1. The van der Waals surface area contributed by atoms with E-state index in [1.54, 1.807) is 0 Å². The van der Waals surface area contributed by atoms with E-state index in [0.29, 0.717) is 18.4 Å². The van der Waals surface area contributed by atoms with Gasteiger partial charge in [0.05, 0.1) is 0 Å². The van der Waals surface area contributed by atoms with Gasteiger partial charge in [0.15, 0.2) is 11.5 Å². The fraction of sp³-hybridized carbons (Fsp3) is 0.500. The van der Waals surface area contributed by atoms with Crippen LogP contribution in [0.1, 0.15) is 30.8 Å². The number of hydrogen-bond acceptors (Lipinski definition) is 4. The third-order valence-electron chi connectivity index (χ3n) is 3.49. The van der Waals surface area contributed by atoms with Gasteiger partial charge >= 0.3 is 0 Å². The van der Waals surface area contributed by atoms with E-state index in [0.717, 1.165) is 17.5 Å². The maximum absolute atomic E-state index is 5.84. The van der Waals surface area contributed by atoms with Gasteiger partial charge in [-0.3, -0.25) is 0 Å². The molecule has 98 valence electrons. The lowest BCUT2D eigenvalue weighted by Gasteiger charge is -2.25. The van der Waals surface area contributed by atoms with Gasteiger partial charge in [-0.1, -0.05) is 19.4 Å². The largest absolute Gasteiger partial charge is 0.441 e. The minimum Gasteiger partial charge on any atom is -0.441 e. The van der Waals surface area contributed by atoms with Crippen molar-refractivity contribution in [1.29, 1.82) is 0 Å². The maximum Gasteiger partial charge on any atom is 0.192 e. The molecule has 2 rings (SSSR count). The fourth-order valence-electron chi connectivity index (χ4n) is 2.46. The molecule has 0 aliphatic rings. The molecule has 2 aromatic rings. The second kappa shape index (κ2) is 5.50. The quantitative estimate of drug-likeness (QED) is 0.851. The van der Waals surface area contributed by atoms with Crippen LogP contribution in [0.25, 0.3) is 11.1 Å². The van der Waals surface area contributed by atoms with Crippen molar-refractivity contribution in [3.63, 3.8) is 0 Å². The number of nitrogens with two attached hydrogens (primary N) is 1. The Morgan fingerprint density at radius 1 is 1.44 bits per heavy atom. The van der Waals surface area contributed by atoms with E-state index in [2.05, 4.69) is 29.4 Å². The first-order chi connectivity index (χ1) is 8.69. The van der Waals surface area contributed by atoms with Crippen molar-refractivity contribution in [3.8, 4) is 0 Å². The van der Waals surface area contributed by atoms with Gasteiger partial charge in [0, 0.05) is 13.0 Å². The molecule has 0 bridgehead atoms. The van der Waals surface area contributed by atoms with Crippen LogP contribution in [0.2, 0.25) is 0 Å². The highest BCUT2D eigenvalue weighted by Crippen LogP contribution is 2.27. The Morgan fingerprint density at radius 2 is 2.22 bits per heavy atom. The first-order valence-electron chi connectivity index (χ1n) is 6.44. The third kappa shape index (κ3) is 2.40. The zero-order valence-corrected chi connectivity index (χ0v) is 11.2. The number of benzene rings is 1. The van der Waals surface area contributed by atoms with Crippen molar-refractivity contribution in [1.82, 2.24) is 10.3 Å². The number of oxazole rings is 1. The Bertz CT molecular complexity index is 517. The van der Waals surface area contributed by atoms with E-state index in [4.69, 9.17) is 10.2 Å². The Hall–Kier alpha value is -1.39. The van der Waals surface area contributed by atoms with E-state index in [1.165, 1.54) is 5.56 Å². The van der Waals surface area contributed by atoms with Crippen LogP contribution in [0, 0.1) is 12.8 Å². The fourth-order valence-corrected chi connectivity index (χ4v) is 2.46. The highest BCUT2D eigenvalue weighted by atomic mass is 16.3. The maximum atomic E-state index is 5.84. The summed E-state index contributed by atoms with van der Waals surface area (Å²) in [5, 5.41) is 3.35. The monoisotopic (exact) mass is 247 g/mol. The molecule has 0 fully saturated rings. The van der Waals surface area contributed by atoms with Crippen molar-refractivity contribution in [3.05, 3.63) is 29.7 Å². The molecule has 0 saturated carbocycles. The van der Waals surface area contributed by atoms with E-state index >= 15 is 0 Å². The first-order valence-corrected chi connectivity index (χ1v) is 6.44. The van der Waals surface area contributed by atoms with Gasteiger partial charge in [-0.25, -0.2) is 4.98 Å². The normalized spacial score (nSPS) is 14.9. The predicted octanol–water partition coefficient (Wildman–Crippen LogP) is 2.38. The lowest BCUT2D eigenvalue weighted by Crippen LogP contribution is -2.30. The van der Waals surface area contributed by atoms with Crippen LogP contribution >= 0.6 is 0 Å². The van der Waals surface area contributed by atoms with Crippen LogP contribution in [-0.2, 0) is 0 Å². The Morgan fingerprint density at radius 3 is 2.83 bits per heavy atom. The minimum absolute atomic E-state index is 0.259. The van der Waals surface area contributed by atoms with Crippen LogP contribution in [0.4, 0.5) is 0 Å². The molecule has 3 N–H and O–H groups in total. The first kappa shape index (κ1) is 13.1. The second-order valence-corrected chi connectivity index (χ2v) is 4.63. The van der Waals surface area contributed by atoms with Gasteiger partial charge in [0.25, 0.3) is 0 Å². The smallest absolute Gasteiger partial charge is 0.192 e. The number of rotatable bonds is 5. The van der Waals surface area contributed by atoms with Gasteiger partial charge in [-0.2, -0.15) is 0 Å². The molecule has 0 spiro atoms. The van der Waals surface area contributed by atoms with E-state index in [1.807, 2.05) is 20.0 Å². The van der Waals surface area contributed by atoms with Crippen LogP contribution in [-0.4, -0.2) is 18.6 Å². The van der Waals surface area contributed by atoms with Gasteiger partial charge < -0.3 is 15.5 Å². The molecule has 1 heterocycles. The summed E-state index contributed by atoms with van der Waals surface area (Å²) in [5.74, 6) is 1.13. The molecule has 4 heteroatoms. The van der Waals surface area contributed by atoms with Gasteiger partial charge in [-0.15, -0.1) is 0 Å². The summed E-state index contributed by atoms with van der Waals surface area (Å²) in [6.07, 6.45) is 1.05. The van der Waals surface area contributed by atoms with Crippen LogP contribution in [0.15, 0.2) is 22.6 Å². The van der Waals surface area contributed by atoms with Gasteiger partial charge in [0.1, 0.15) is 5.52 Å². The summed E-state index contributed by atoms with van der Waals surface area (Å²) < 4.78 is 5.58. The summed E-state index contributed by atoms with van der Waals surface area (Å²) in [7, 11) is 1.97. The Kier molecular flexibility index (Phi) is 3.99. The lowest BCUT2D eigenvalue weighted by atomic mass is 9.91. The zero-order chi connectivity index (χ0) is 13.1. The molecular weight excluding hydrogens is 226 g/mol. The summed E-state index contributed by atoms with van der Waals surface area (Å²) in [4.78, 5) is 4.31. The van der Waals surface area contributed by atoms with Crippen molar-refractivity contribution in [2.24, 2.45) is 11.7 Å². The van der Waals surface area contributed by atoms with Crippen molar-refractivity contribution >= 4 is 11.1 Å². The molecule has 2 unspecified atom stereocenters. The number of hydrogen-bond donors (Lipinski definition) is 2. The molecule has 0 saturated heterocycles. The average Bonchev–Trinajstić information content (AvgIpc) is 2.74. The average molecular weight is 247 g/mol. The van der Waals surface area contributed by atoms with Crippen LogP contribution in [0.5, 0.6) is 0 Å². The Balaban J connectivity index is 2.38. The van der Waals surface area contributed by atoms with Gasteiger partial charge in [0.2, 0.25) is 0 Å². The molecule has 1 aromatic heterocycles. The van der Waals surface area contributed by atoms with Gasteiger partial charge in [-0.05, 0) is 37.2 Å². The van der Waals surface area contributed by atoms with Crippen LogP contribution in [0.3, 0.4) is 0 Å². The molecular formula is C14H21N3O. The molecule has 1 aromatic carbocycles. The standard InChI is InChI=1S/C14H21N3O/c1-4-10(8-15)14(16-3)11-5-6-12-13(7-11)18-9(2)17-12/h5-7,10,14,16H,4,8,15H2,1-3H3. The van der Waals surface area contributed by atoms with E-state index in [-0.39, 0.29) is 6.04 Å². The SMILES string of the molecule is CCC(CN)C(NC)c1ccc2nc(C)oc2c1. The molecule has 0 aliphatic heterocycles. The molecule has 0 aliphatic carbocycles.